The van der Waals surface area contributed by atoms with Crippen molar-refractivity contribution in [3.63, 3.8) is 0 Å². The van der Waals surface area contributed by atoms with Gasteiger partial charge in [-0.15, -0.1) is 0 Å². The minimum atomic E-state index is 0.386. The lowest BCUT2D eigenvalue weighted by Gasteiger charge is -2.04. The number of ether oxygens (including phenoxy) is 2. The van der Waals surface area contributed by atoms with E-state index in [1.54, 1.807) is 18.0 Å². The van der Waals surface area contributed by atoms with E-state index in [-0.39, 0.29) is 0 Å². The summed E-state index contributed by atoms with van der Waals surface area (Å²) in [7, 11) is 1.65. The summed E-state index contributed by atoms with van der Waals surface area (Å²) in [5, 5.41) is 5.41. The van der Waals surface area contributed by atoms with Gasteiger partial charge in [0.15, 0.2) is 5.65 Å². The van der Waals surface area contributed by atoms with Crippen molar-refractivity contribution in [1.82, 2.24) is 14.8 Å². The topological polar surface area (TPSA) is 49.2 Å². The van der Waals surface area contributed by atoms with E-state index in [4.69, 9.17) is 9.47 Å². The summed E-state index contributed by atoms with van der Waals surface area (Å²) in [6, 6.07) is 2.00. The second-order valence-electron chi connectivity index (χ2n) is 3.35. The van der Waals surface area contributed by atoms with Crippen LogP contribution in [0.2, 0.25) is 0 Å². The first-order valence-corrected chi connectivity index (χ1v) is 6.84. The predicted octanol–water partition coefficient (Wildman–Crippen LogP) is 2.42. The largest absolute Gasteiger partial charge is 0.382 e. The molecule has 0 N–H and O–H groups in total. The average Bonchev–Trinajstić information content (AvgIpc) is 2.62. The molecule has 0 bridgehead atoms. The molecule has 7 heteroatoms. The van der Waals surface area contributed by atoms with Crippen molar-refractivity contribution in [2.45, 2.75) is 6.73 Å². The number of fused-ring (bicyclic) bond motifs is 1. The number of methoxy groups -OCH3 is 1. The second-order valence-corrected chi connectivity index (χ2v) is 5.28. The lowest BCUT2D eigenvalue weighted by atomic mass is 10.4. The first-order valence-electron chi connectivity index (χ1n) is 4.96. The minimum Gasteiger partial charge on any atom is -0.382 e. The van der Waals surface area contributed by atoms with Crippen LogP contribution in [0.3, 0.4) is 0 Å². The second kappa shape index (κ2) is 6.07. The Morgan fingerprint density at radius 1 is 1.47 bits per heavy atom. The molecule has 2 heterocycles. The van der Waals surface area contributed by atoms with Crippen LogP contribution in [0.15, 0.2) is 16.7 Å². The molecule has 0 aliphatic rings. The number of pyridine rings is 1. The maximum absolute atomic E-state index is 5.43. The summed E-state index contributed by atoms with van der Waals surface area (Å²) in [4.78, 5) is 4.34. The highest BCUT2D eigenvalue weighted by Gasteiger charge is 2.09. The molecule has 0 amide bonds. The van der Waals surface area contributed by atoms with Gasteiger partial charge in [0.2, 0.25) is 0 Å². The molecule has 0 aliphatic heterocycles. The smallest absolute Gasteiger partial charge is 0.161 e. The Kier molecular flexibility index (Phi) is 4.71. The maximum atomic E-state index is 5.43. The van der Waals surface area contributed by atoms with E-state index in [1.165, 1.54) is 0 Å². The van der Waals surface area contributed by atoms with E-state index in [0.29, 0.717) is 19.9 Å². The van der Waals surface area contributed by atoms with E-state index in [0.717, 1.165) is 19.2 Å². The number of aromatic nitrogens is 3. The maximum Gasteiger partial charge on any atom is 0.161 e. The van der Waals surface area contributed by atoms with E-state index in [1.807, 2.05) is 6.07 Å². The van der Waals surface area contributed by atoms with Crippen molar-refractivity contribution in [2.75, 3.05) is 20.3 Å². The molecular weight excluding hydrogens is 401 g/mol. The molecule has 0 radical (unpaired) electrons. The van der Waals surface area contributed by atoms with Crippen LogP contribution in [-0.4, -0.2) is 35.1 Å². The molecule has 0 saturated carbocycles. The summed E-state index contributed by atoms with van der Waals surface area (Å²) in [5.74, 6) is 0. The van der Waals surface area contributed by atoms with Crippen molar-refractivity contribution >= 4 is 49.6 Å². The third-order valence-electron chi connectivity index (χ3n) is 2.15. The van der Waals surface area contributed by atoms with Gasteiger partial charge >= 0.3 is 0 Å². The van der Waals surface area contributed by atoms with Gasteiger partial charge in [-0.2, -0.15) is 5.10 Å². The third kappa shape index (κ3) is 3.15. The summed E-state index contributed by atoms with van der Waals surface area (Å²) in [6.45, 7) is 1.51. The van der Waals surface area contributed by atoms with Gasteiger partial charge in [-0.1, -0.05) is 0 Å². The standard InChI is InChI=1S/C10H11BrIN3O2/c1-16-2-3-17-6-15-10-8(9(12)14-15)4-7(11)5-13-10/h4-5H,2-3,6H2,1H3. The van der Waals surface area contributed by atoms with Crippen LogP contribution < -0.4 is 0 Å². The fourth-order valence-electron chi connectivity index (χ4n) is 1.38. The first kappa shape index (κ1) is 13.2. The Morgan fingerprint density at radius 2 is 2.29 bits per heavy atom. The van der Waals surface area contributed by atoms with Crippen LogP contribution in [0.4, 0.5) is 0 Å². The normalized spacial score (nSPS) is 11.2. The fourth-order valence-corrected chi connectivity index (χ4v) is 2.37. The molecule has 0 unspecified atom stereocenters. The number of nitrogens with zero attached hydrogens (tertiary/aromatic N) is 3. The number of hydrogen-bond donors (Lipinski definition) is 0. The number of hydrogen-bond acceptors (Lipinski definition) is 4. The Labute approximate surface area is 121 Å². The van der Waals surface area contributed by atoms with E-state index in [2.05, 4.69) is 48.6 Å². The van der Waals surface area contributed by atoms with Gasteiger partial charge in [0.25, 0.3) is 0 Å². The highest BCUT2D eigenvalue weighted by molar-refractivity contribution is 14.1. The molecular formula is C10H11BrIN3O2. The van der Waals surface area contributed by atoms with Crippen molar-refractivity contribution < 1.29 is 9.47 Å². The quantitative estimate of drug-likeness (QED) is 0.560. The van der Waals surface area contributed by atoms with E-state index in [9.17, 15) is 0 Å². The molecule has 0 saturated heterocycles. The summed E-state index contributed by atoms with van der Waals surface area (Å²) >= 11 is 5.59. The van der Waals surface area contributed by atoms with Crippen LogP contribution >= 0.6 is 38.5 Å². The fraction of sp³-hybridized carbons (Fsp3) is 0.400. The van der Waals surface area contributed by atoms with Crippen molar-refractivity contribution in [2.24, 2.45) is 0 Å². The number of halogens is 2. The predicted molar refractivity (Wildman–Crippen MR) is 75.8 cm³/mol. The molecule has 0 aliphatic carbocycles. The first-order chi connectivity index (χ1) is 8.22. The zero-order valence-electron chi connectivity index (χ0n) is 9.19. The van der Waals surface area contributed by atoms with Gasteiger partial charge in [-0.25, -0.2) is 9.67 Å². The Hall–Kier alpha value is -0.250. The lowest BCUT2D eigenvalue weighted by molar-refractivity contribution is 0.0304. The van der Waals surface area contributed by atoms with E-state index < -0.39 is 0 Å². The molecule has 2 aromatic heterocycles. The van der Waals surface area contributed by atoms with Gasteiger partial charge in [0, 0.05) is 17.8 Å². The van der Waals surface area contributed by atoms with E-state index >= 15 is 0 Å². The highest BCUT2D eigenvalue weighted by Crippen LogP contribution is 2.21. The zero-order valence-corrected chi connectivity index (χ0v) is 12.9. The molecule has 5 nitrogen and oxygen atoms in total. The molecule has 17 heavy (non-hydrogen) atoms. The van der Waals surface area contributed by atoms with Crippen molar-refractivity contribution in [3.8, 4) is 0 Å². The molecule has 0 aromatic carbocycles. The van der Waals surface area contributed by atoms with Gasteiger partial charge in [0.05, 0.1) is 18.6 Å². The number of rotatable bonds is 5. The van der Waals surface area contributed by atoms with Crippen molar-refractivity contribution in [1.29, 1.82) is 0 Å². The highest BCUT2D eigenvalue weighted by atomic mass is 127. The third-order valence-corrected chi connectivity index (χ3v) is 3.38. The minimum absolute atomic E-state index is 0.386. The van der Waals surface area contributed by atoms with Crippen LogP contribution in [-0.2, 0) is 16.2 Å². The van der Waals surface area contributed by atoms with Gasteiger partial charge in [-0.3, -0.25) is 0 Å². The molecule has 2 rings (SSSR count). The summed E-state index contributed by atoms with van der Waals surface area (Å²) in [5.41, 5.74) is 0.829. The van der Waals surface area contributed by atoms with Gasteiger partial charge in [-0.05, 0) is 44.6 Å². The lowest BCUT2D eigenvalue weighted by Crippen LogP contribution is -2.08. The Morgan fingerprint density at radius 3 is 3.06 bits per heavy atom. The molecule has 2 aromatic rings. The molecule has 0 fully saturated rings. The Balaban J connectivity index is 2.17. The average molecular weight is 412 g/mol. The SMILES string of the molecule is COCCOCn1nc(I)c2cc(Br)cnc21. The van der Waals surface area contributed by atoms with Crippen molar-refractivity contribution in [3.05, 3.63) is 20.4 Å². The molecule has 0 atom stereocenters. The van der Waals surface area contributed by atoms with Gasteiger partial charge in [0.1, 0.15) is 10.4 Å². The monoisotopic (exact) mass is 411 g/mol. The van der Waals surface area contributed by atoms with Gasteiger partial charge < -0.3 is 9.47 Å². The zero-order chi connectivity index (χ0) is 12.3. The van der Waals surface area contributed by atoms with Crippen LogP contribution in [0, 0.1) is 3.70 Å². The summed E-state index contributed by atoms with van der Waals surface area (Å²) < 4.78 is 14.0. The Bertz CT molecular complexity index is 517. The molecule has 0 spiro atoms. The van der Waals surface area contributed by atoms with Crippen LogP contribution in [0.1, 0.15) is 0 Å². The molecule has 92 valence electrons. The van der Waals surface area contributed by atoms with Crippen LogP contribution in [0.5, 0.6) is 0 Å². The summed E-state index contributed by atoms with van der Waals surface area (Å²) in [6.07, 6.45) is 1.76. The van der Waals surface area contributed by atoms with Crippen LogP contribution in [0.25, 0.3) is 11.0 Å².